The fraction of sp³-hybridized carbons (Fsp3) is 0.500. The number of anilines is 1. The first-order valence-electron chi connectivity index (χ1n) is 3.25. The number of halogens is 1. The molecule has 1 aromatic rings. The molecule has 1 unspecified atom stereocenters. The Morgan fingerprint density at radius 3 is 3.20 bits per heavy atom. The summed E-state index contributed by atoms with van der Waals surface area (Å²) in [6, 6.07) is 0. The molecular formula is C6H8FN3. The van der Waals surface area contributed by atoms with E-state index in [1.165, 1.54) is 0 Å². The minimum Gasteiger partial charge on any atom is -0.382 e. The molecule has 0 aromatic carbocycles. The van der Waals surface area contributed by atoms with Crippen LogP contribution in [0, 0.1) is 0 Å². The monoisotopic (exact) mass is 141 g/mol. The van der Waals surface area contributed by atoms with Crippen molar-refractivity contribution >= 4 is 5.82 Å². The van der Waals surface area contributed by atoms with Crippen molar-refractivity contribution in [3.8, 4) is 0 Å². The van der Waals surface area contributed by atoms with E-state index in [0.29, 0.717) is 17.8 Å². The maximum atomic E-state index is 12.9. The topological polar surface area (TPSA) is 54.7 Å². The summed E-state index contributed by atoms with van der Waals surface area (Å²) in [5.41, 5.74) is 6.85. The van der Waals surface area contributed by atoms with Crippen molar-refractivity contribution in [3.05, 3.63) is 11.3 Å². The van der Waals surface area contributed by atoms with Gasteiger partial charge in [-0.25, -0.2) is 4.39 Å². The molecule has 0 spiro atoms. The number of nitrogens with two attached hydrogens (primary N) is 1. The molecule has 1 aromatic heterocycles. The van der Waals surface area contributed by atoms with Crippen LogP contribution in [0.3, 0.4) is 0 Å². The SMILES string of the molecule is Nc1n[nH]c2c1C(F)CC2. The zero-order chi connectivity index (χ0) is 7.14. The van der Waals surface area contributed by atoms with Crippen LogP contribution < -0.4 is 5.73 Å². The van der Waals surface area contributed by atoms with Crippen LogP contribution in [-0.4, -0.2) is 10.2 Å². The van der Waals surface area contributed by atoms with Gasteiger partial charge in [0.15, 0.2) is 5.82 Å². The molecule has 0 fully saturated rings. The molecule has 1 aliphatic rings. The van der Waals surface area contributed by atoms with Gasteiger partial charge in [-0.2, -0.15) is 5.10 Å². The van der Waals surface area contributed by atoms with Crippen LogP contribution >= 0.6 is 0 Å². The van der Waals surface area contributed by atoms with Crippen molar-refractivity contribution in [2.24, 2.45) is 0 Å². The fourth-order valence-corrected chi connectivity index (χ4v) is 1.36. The van der Waals surface area contributed by atoms with Gasteiger partial charge in [0.2, 0.25) is 0 Å². The van der Waals surface area contributed by atoms with E-state index >= 15 is 0 Å². The molecule has 0 amide bonds. The van der Waals surface area contributed by atoms with E-state index in [1.807, 2.05) is 0 Å². The fourth-order valence-electron chi connectivity index (χ4n) is 1.36. The van der Waals surface area contributed by atoms with Crippen LogP contribution in [0.4, 0.5) is 10.2 Å². The van der Waals surface area contributed by atoms with Gasteiger partial charge in [0.05, 0.1) is 5.56 Å². The van der Waals surface area contributed by atoms with Gasteiger partial charge in [-0.3, -0.25) is 5.10 Å². The Balaban J connectivity index is 2.54. The van der Waals surface area contributed by atoms with Crippen molar-refractivity contribution in [1.29, 1.82) is 0 Å². The van der Waals surface area contributed by atoms with Crippen LogP contribution in [0.2, 0.25) is 0 Å². The quantitative estimate of drug-likeness (QED) is 0.565. The zero-order valence-corrected chi connectivity index (χ0v) is 5.39. The molecule has 3 N–H and O–H groups in total. The summed E-state index contributed by atoms with van der Waals surface area (Å²) in [5.74, 6) is 0.319. The van der Waals surface area contributed by atoms with Crippen LogP contribution in [0.5, 0.6) is 0 Å². The van der Waals surface area contributed by atoms with Crippen LogP contribution in [0.1, 0.15) is 23.8 Å². The summed E-state index contributed by atoms with van der Waals surface area (Å²) in [6.07, 6.45) is 0.392. The lowest BCUT2D eigenvalue weighted by Gasteiger charge is -1.95. The number of nitrogen functional groups attached to an aromatic ring is 1. The summed E-state index contributed by atoms with van der Waals surface area (Å²) >= 11 is 0. The highest BCUT2D eigenvalue weighted by Gasteiger charge is 2.26. The number of H-pyrrole nitrogens is 1. The maximum Gasteiger partial charge on any atom is 0.151 e. The molecule has 1 aliphatic carbocycles. The Hall–Kier alpha value is -1.06. The number of aromatic nitrogens is 2. The normalized spacial score (nSPS) is 23.1. The summed E-state index contributed by atoms with van der Waals surface area (Å²) in [6.45, 7) is 0. The zero-order valence-electron chi connectivity index (χ0n) is 5.39. The van der Waals surface area contributed by atoms with Crippen LogP contribution in [-0.2, 0) is 6.42 Å². The lowest BCUT2D eigenvalue weighted by Crippen LogP contribution is -1.91. The Morgan fingerprint density at radius 2 is 2.50 bits per heavy atom. The Kier molecular flexibility index (Phi) is 0.977. The molecule has 0 radical (unpaired) electrons. The lowest BCUT2D eigenvalue weighted by molar-refractivity contribution is 0.344. The molecule has 1 heterocycles. The van der Waals surface area contributed by atoms with Gasteiger partial charge < -0.3 is 5.73 Å². The highest BCUT2D eigenvalue weighted by atomic mass is 19.1. The van der Waals surface area contributed by atoms with E-state index in [4.69, 9.17) is 5.73 Å². The Bertz CT molecular complexity index is 255. The van der Waals surface area contributed by atoms with Gasteiger partial charge in [-0.05, 0) is 12.8 Å². The Labute approximate surface area is 57.4 Å². The van der Waals surface area contributed by atoms with E-state index in [1.54, 1.807) is 0 Å². The number of nitrogens with zero attached hydrogens (tertiary/aromatic N) is 1. The third kappa shape index (κ3) is 0.558. The summed E-state index contributed by atoms with van der Waals surface area (Å²) in [5, 5.41) is 6.40. The molecular weight excluding hydrogens is 133 g/mol. The first-order chi connectivity index (χ1) is 4.79. The first kappa shape index (κ1) is 5.70. The number of alkyl halides is 1. The number of aromatic amines is 1. The van der Waals surface area contributed by atoms with E-state index in [-0.39, 0.29) is 0 Å². The predicted octanol–water partition coefficient (Wildman–Crippen LogP) is 0.949. The minimum absolute atomic E-state index is 0.319. The van der Waals surface area contributed by atoms with Gasteiger partial charge in [0, 0.05) is 5.69 Å². The third-order valence-electron chi connectivity index (χ3n) is 1.87. The second-order valence-electron chi connectivity index (χ2n) is 2.51. The van der Waals surface area contributed by atoms with Crippen molar-refractivity contribution in [2.75, 3.05) is 5.73 Å². The van der Waals surface area contributed by atoms with E-state index < -0.39 is 6.17 Å². The number of aryl methyl sites for hydroxylation is 1. The average Bonchev–Trinajstić information content (AvgIpc) is 2.40. The van der Waals surface area contributed by atoms with Crippen molar-refractivity contribution in [3.63, 3.8) is 0 Å². The van der Waals surface area contributed by atoms with Crippen molar-refractivity contribution in [2.45, 2.75) is 19.0 Å². The molecule has 2 rings (SSSR count). The Morgan fingerprint density at radius 1 is 1.70 bits per heavy atom. The summed E-state index contributed by atoms with van der Waals surface area (Å²) in [4.78, 5) is 0. The van der Waals surface area contributed by atoms with E-state index in [0.717, 1.165) is 12.1 Å². The van der Waals surface area contributed by atoms with Gasteiger partial charge in [-0.1, -0.05) is 0 Å². The molecule has 0 aliphatic heterocycles. The number of fused-ring (bicyclic) bond motifs is 1. The predicted molar refractivity (Wildman–Crippen MR) is 35.2 cm³/mol. The highest BCUT2D eigenvalue weighted by molar-refractivity contribution is 5.46. The van der Waals surface area contributed by atoms with Gasteiger partial charge in [-0.15, -0.1) is 0 Å². The average molecular weight is 141 g/mol. The van der Waals surface area contributed by atoms with Crippen molar-refractivity contribution < 1.29 is 4.39 Å². The molecule has 3 nitrogen and oxygen atoms in total. The summed E-state index contributed by atoms with van der Waals surface area (Å²) in [7, 11) is 0. The van der Waals surface area contributed by atoms with E-state index in [9.17, 15) is 4.39 Å². The third-order valence-corrected chi connectivity index (χ3v) is 1.87. The molecule has 54 valence electrons. The first-order valence-corrected chi connectivity index (χ1v) is 3.25. The maximum absolute atomic E-state index is 12.9. The van der Waals surface area contributed by atoms with Gasteiger partial charge >= 0.3 is 0 Å². The largest absolute Gasteiger partial charge is 0.382 e. The number of hydrogen-bond donors (Lipinski definition) is 2. The van der Waals surface area contributed by atoms with E-state index in [2.05, 4.69) is 10.2 Å². The minimum atomic E-state index is -0.895. The second kappa shape index (κ2) is 1.71. The summed E-state index contributed by atoms with van der Waals surface area (Å²) < 4.78 is 12.9. The van der Waals surface area contributed by atoms with Crippen LogP contribution in [0.25, 0.3) is 0 Å². The number of hydrogen-bond acceptors (Lipinski definition) is 2. The van der Waals surface area contributed by atoms with Gasteiger partial charge in [0.25, 0.3) is 0 Å². The molecule has 10 heavy (non-hydrogen) atoms. The number of nitrogens with one attached hydrogen (secondary N) is 1. The van der Waals surface area contributed by atoms with Crippen molar-refractivity contribution in [1.82, 2.24) is 10.2 Å². The second-order valence-corrected chi connectivity index (χ2v) is 2.51. The standard InChI is InChI=1S/C6H8FN3/c7-3-1-2-4-5(3)6(8)10-9-4/h3H,1-2H2,(H3,8,9,10). The van der Waals surface area contributed by atoms with Crippen LogP contribution in [0.15, 0.2) is 0 Å². The highest BCUT2D eigenvalue weighted by Crippen LogP contribution is 2.35. The smallest absolute Gasteiger partial charge is 0.151 e. The molecule has 0 bridgehead atoms. The lowest BCUT2D eigenvalue weighted by atomic mass is 10.2. The molecule has 0 saturated heterocycles. The molecule has 0 saturated carbocycles. The molecule has 1 atom stereocenters. The number of rotatable bonds is 0. The van der Waals surface area contributed by atoms with Gasteiger partial charge in [0.1, 0.15) is 6.17 Å². The molecule has 4 heteroatoms.